The Morgan fingerprint density at radius 1 is 1.19 bits per heavy atom. The first-order valence-corrected chi connectivity index (χ1v) is 6.54. The van der Waals surface area contributed by atoms with Gasteiger partial charge in [-0.1, -0.05) is 0 Å². The molecule has 1 saturated carbocycles. The first kappa shape index (κ1) is 15.2. The molecular formula is C14H15F2NO4. The molecule has 2 atom stereocenters. The number of carbonyl (C=O) groups is 2. The van der Waals surface area contributed by atoms with Crippen LogP contribution in [0.5, 0.6) is 5.75 Å². The highest BCUT2D eigenvalue weighted by molar-refractivity contribution is 5.93. The van der Waals surface area contributed by atoms with Crippen molar-refractivity contribution in [2.45, 2.75) is 25.9 Å². The molecule has 1 amide bonds. The second kappa shape index (κ2) is 6.51. The molecular weight excluding hydrogens is 284 g/mol. The van der Waals surface area contributed by atoms with E-state index < -0.39 is 18.5 Å². The van der Waals surface area contributed by atoms with Gasteiger partial charge < -0.3 is 15.2 Å². The van der Waals surface area contributed by atoms with Crippen LogP contribution < -0.4 is 10.1 Å². The summed E-state index contributed by atoms with van der Waals surface area (Å²) < 4.78 is 28.2. The second-order valence-corrected chi connectivity index (χ2v) is 4.94. The van der Waals surface area contributed by atoms with Crippen molar-refractivity contribution in [3.63, 3.8) is 0 Å². The summed E-state index contributed by atoms with van der Waals surface area (Å²) in [6.45, 7) is -2.89. The van der Waals surface area contributed by atoms with Gasteiger partial charge in [0.25, 0.3) is 0 Å². The molecule has 114 valence electrons. The molecule has 0 heterocycles. The lowest BCUT2D eigenvalue weighted by Crippen LogP contribution is -2.21. The minimum absolute atomic E-state index is 0.00908. The third-order valence-corrected chi connectivity index (χ3v) is 3.50. The van der Waals surface area contributed by atoms with E-state index in [1.165, 1.54) is 24.3 Å². The van der Waals surface area contributed by atoms with Crippen LogP contribution in [-0.2, 0) is 9.59 Å². The zero-order chi connectivity index (χ0) is 15.4. The quantitative estimate of drug-likeness (QED) is 0.876. The van der Waals surface area contributed by atoms with Gasteiger partial charge in [0.05, 0.1) is 5.92 Å². The van der Waals surface area contributed by atoms with Crippen LogP contribution >= 0.6 is 0 Å². The lowest BCUT2D eigenvalue weighted by Gasteiger charge is -2.11. The Hall–Kier alpha value is -2.18. The van der Waals surface area contributed by atoms with E-state index in [1.807, 2.05) is 0 Å². The molecule has 0 bridgehead atoms. The number of aliphatic carboxylic acids is 1. The summed E-state index contributed by atoms with van der Waals surface area (Å²) in [5.74, 6) is -1.92. The molecule has 0 radical (unpaired) electrons. The Balaban J connectivity index is 1.89. The maximum absolute atomic E-state index is 12.0. The molecule has 2 rings (SSSR count). The molecule has 1 aromatic rings. The highest BCUT2D eigenvalue weighted by Crippen LogP contribution is 2.32. The fraction of sp³-hybridized carbons (Fsp3) is 0.429. The summed E-state index contributed by atoms with van der Waals surface area (Å²) in [5, 5.41) is 11.5. The number of carboxylic acids is 1. The van der Waals surface area contributed by atoms with Crippen LogP contribution in [-0.4, -0.2) is 23.6 Å². The summed E-state index contributed by atoms with van der Waals surface area (Å²) in [6, 6.07) is 5.57. The predicted molar refractivity (Wildman–Crippen MR) is 70.2 cm³/mol. The van der Waals surface area contributed by atoms with E-state index in [1.54, 1.807) is 0 Å². The summed E-state index contributed by atoms with van der Waals surface area (Å²) >= 11 is 0. The molecule has 2 N–H and O–H groups in total. The van der Waals surface area contributed by atoms with Gasteiger partial charge in [-0.2, -0.15) is 8.78 Å². The topological polar surface area (TPSA) is 75.6 Å². The van der Waals surface area contributed by atoms with E-state index in [9.17, 15) is 18.4 Å². The Bertz CT molecular complexity index is 518. The number of nitrogens with one attached hydrogen (secondary N) is 1. The Morgan fingerprint density at radius 2 is 1.81 bits per heavy atom. The number of halogens is 2. The molecule has 0 aliphatic heterocycles. The Labute approximate surface area is 119 Å². The van der Waals surface area contributed by atoms with E-state index in [-0.39, 0.29) is 17.6 Å². The molecule has 2 unspecified atom stereocenters. The van der Waals surface area contributed by atoms with Crippen LogP contribution in [0.3, 0.4) is 0 Å². The number of alkyl halides is 2. The van der Waals surface area contributed by atoms with Crippen LogP contribution in [0.4, 0.5) is 14.5 Å². The van der Waals surface area contributed by atoms with Crippen molar-refractivity contribution in [1.29, 1.82) is 0 Å². The summed E-state index contributed by atoms with van der Waals surface area (Å²) in [4.78, 5) is 22.8. The molecule has 5 nitrogen and oxygen atoms in total. The lowest BCUT2D eigenvalue weighted by atomic mass is 10.0. The Kier molecular flexibility index (Phi) is 4.72. The predicted octanol–water partition coefficient (Wildman–Crippen LogP) is 2.73. The zero-order valence-electron chi connectivity index (χ0n) is 11.1. The third kappa shape index (κ3) is 4.14. The summed E-state index contributed by atoms with van der Waals surface area (Å²) in [6.07, 6.45) is 1.36. The first-order chi connectivity index (χ1) is 9.95. The average molecular weight is 299 g/mol. The van der Waals surface area contributed by atoms with Gasteiger partial charge in [0.2, 0.25) is 5.91 Å². The molecule has 0 saturated heterocycles. The highest BCUT2D eigenvalue weighted by Gasteiger charge is 2.33. The number of carboxylic acid groups (broad SMARTS) is 1. The maximum Gasteiger partial charge on any atom is 0.387 e. The number of amides is 1. The highest BCUT2D eigenvalue weighted by atomic mass is 19.3. The molecule has 1 aromatic carbocycles. The van der Waals surface area contributed by atoms with Crippen LogP contribution in [0.15, 0.2) is 24.3 Å². The van der Waals surface area contributed by atoms with E-state index in [4.69, 9.17) is 5.11 Å². The van der Waals surface area contributed by atoms with Gasteiger partial charge in [-0.05, 0) is 43.5 Å². The molecule has 7 heteroatoms. The number of carbonyl (C=O) groups excluding carboxylic acids is 1. The number of hydrogen-bond acceptors (Lipinski definition) is 3. The van der Waals surface area contributed by atoms with Crippen LogP contribution in [0.25, 0.3) is 0 Å². The largest absolute Gasteiger partial charge is 0.481 e. The van der Waals surface area contributed by atoms with Crippen molar-refractivity contribution in [3.05, 3.63) is 24.3 Å². The van der Waals surface area contributed by atoms with E-state index >= 15 is 0 Å². The molecule has 21 heavy (non-hydrogen) atoms. The van der Waals surface area contributed by atoms with Crippen LogP contribution in [0.1, 0.15) is 19.3 Å². The minimum Gasteiger partial charge on any atom is -0.481 e. The van der Waals surface area contributed by atoms with E-state index in [0.29, 0.717) is 24.9 Å². The molecule has 1 fully saturated rings. The van der Waals surface area contributed by atoms with Crippen molar-refractivity contribution >= 4 is 17.6 Å². The number of hydrogen-bond donors (Lipinski definition) is 2. The first-order valence-electron chi connectivity index (χ1n) is 6.54. The van der Waals surface area contributed by atoms with Crippen molar-refractivity contribution in [1.82, 2.24) is 0 Å². The lowest BCUT2D eigenvalue weighted by molar-refractivity contribution is -0.141. The van der Waals surface area contributed by atoms with Crippen molar-refractivity contribution in [2.75, 3.05) is 5.32 Å². The van der Waals surface area contributed by atoms with Crippen molar-refractivity contribution in [2.24, 2.45) is 11.8 Å². The molecule has 1 aliphatic carbocycles. The van der Waals surface area contributed by atoms with Gasteiger partial charge in [0.15, 0.2) is 0 Å². The normalized spacial score (nSPS) is 21.3. The fourth-order valence-corrected chi connectivity index (χ4v) is 2.41. The SMILES string of the molecule is O=C(O)C1CCC(C(=O)Nc2ccc(OC(F)F)cc2)C1. The molecule has 1 aliphatic rings. The molecule has 0 aromatic heterocycles. The zero-order valence-corrected chi connectivity index (χ0v) is 11.1. The number of rotatable bonds is 5. The number of ether oxygens (including phenoxy) is 1. The third-order valence-electron chi connectivity index (χ3n) is 3.50. The van der Waals surface area contributed by atoms with Crippen molar-refractivity contribution in [3.8, 4) is 5.75 Å². The second-order valence-electron chi connectivity index (χ2n) is 4.94. The van der Waals surface area contributed by atoms with Crippen molar-refractivity contribution < 1.29 is 28.2 Å². The van der Waals surface area contributed by atoms with Gasteiger partial charge in [0, 0.05) is 11.6 Å². The monoisotopic (exact) mass is 299 g/mol. The van der Waals surface area contributed by atoms with Gasteiger partial charge in [-0.3, -0.25) is 9.59 Å². The van der Waals surface area contributed by atoms with Gasteiger partial charge in [-0.15, -0.1) is 0 Å². The fourth-order valence-electron chi connectivity index (χ4n) is 2.41. The van der Waals surface area contributed by atoms with E-state index in [2.05, 4.69) is 10.1 Å². The Morgan fingerprint density at radius 3 is 2.33 bits per heavy atom. The summed E-state index contributed by atoms with van der Waals surface area (Å²) in [5.41, 5.74) is 0.459. The average Bonchev–Trinajstić information content (AvgIpc) is 2.90. The number of anilines is 1. The smallest absolute Gasteiger partial charge is 0.387 e. The van der Waals surface area contributed by atoms with Gasteiger partial charge in [-0.25, -0.2) is 0 Å². The minimum atomic E-state index is -2.89. The van der Waals surface area contributed by atoms with Gasteiger partial charge >= 0.3 is 12.6 Å². The van der Waals surface area contributed by atoms with E-state index in [0.717, 1.165) is 0 Å². The standard InChI is InChI=1S/C14H15F2NO4/c15-14(16)21-11-5-3-10(4-6-11)17-12(18)8-1-2-9(7-8)13(19)20/h3-6,8-9,14H,1-2,7H2,(H,17,18)(H,19,20). The maximum atomic E-state index is 12.0. The molecule has 0 spiro atoms. The van der Waals surface area contributed by atoms with Crippen LogP contribution in [0.2, 0.25) is 0 Å². The van der Waals surface area contributed by atoms with Crippen LogP contribution in [0, 0.1) is 11.8 Å². The summed E-state index contributed by atoms with van der Waals surface area (Å²) in [7, 11) is 0. The number of benzene rings is 1. The van der Waals surface area contributed by atoms with Gasteiger partial charge in [0.1, 0.15) is 5.75 Å².